The normalized spacial score (nSPS) is 28.4. The second-order valence-corrected chi connectivity index (χ2v) is 3.26. The lowest BCUT2D eigenvalue weighted by molar-refractivity contribution is 0.0464. The molecule has 1 saturated heterocycles. The van der Waals surface area contributed by atoms with Gasteiger partial charge in [0.15, 0.2) is 0 Å². The Labute approximate surface area is 67.5 Å². The van der Waals surface area contributed by atoms with Gasteiger partial charge in [0.2, 0.25) is 0 Å². The third-order valence-electron chi connectivity index (χ3n) is 2.13. The number of hydrogen-bond donors (Lipinski definition) is 2. The smallest absolute Gasteiger partial charge is 0.0582 e. The van der Waals surface area contributed by atoms with E-state index >= 15 is 0 Å². The van der Waals surface area contributed by atoms with Gasteiger partial charge < -0.3 is 15.6 Å². The second-order valence-electron chi connectivity index (χ2n) is 3.26. The average molecular weight is 159 g/mol. The van der Waals surface area contributed by atoms with Gasteiger partial charge in [-0.05, 0) is 25.2 Å². The standard InChI is InChI=1S/C8H17NO2/c9-8(5-10)4-7-2-1-3-11-6-7/h7-8,10H,1-6,9H2/t7-,8?/m1/s1. The fourth-order valence-electron chi connectivity index (χ4n) is 1.50. The largest absolute Gasteiger partial charge is 0.395 e. The minimum atomic E-state index is -0.0540. The van der Waals surface area contributed by atoms with Gasteiger partial charge in [-0.25, -0.2) is 0 Å². The Hall–Kier alpha value is -0.120. The molecule has 0 aromatic carbocycles. The Morgan fingerprint density at radius 1 is 1.64 bits per heavy atom. The van der Waals surface area contributed by atoms with Crippen LogP contribution in [-0.4, -0.2) is 31.0 Å². The molecule has 1 fully saturated rings. The topological polar surface area (TPSA) is 55.5 Å². The van der Waals surface area contributed by atoms with E-state index in [1.807, 2.05) is 0 Å². The SMILES string of the molecule is NC(CO)C[C@H]1CCCOC1. The van der Waals surface area contributed by atoms with Gasteiger partial charge in [0, 0.05) is 19.3 Å². The first-order valence-electron chi connectivity index (χ1n) is 4.27. The van der Waals surface area contributed by atoms with E-state index in [-0.39, 0.29) is 12.6 Å². The fourth-order valence-corrected chi connectivity index (χ4v) is 1.50. The highest BCUT2D eigenvalue weighted by molar-refractivity contribution is 4.69. The number of aliphatic hydroxyl groups excluding tert-OH is 1. The molecule has 0 saturated carbocycles. The highest BCUT2D eigenvalue weighted by Gasteiger charge is 2.16. The first-order chi connectivity index (χ1) is 5.33. The first kappa shape index (κ1) is 8.97. The van der Waals surface area contributed by atoms with Crippen LogP contribution >= 0.6 is 0 Å². The molecule has 0 aliphatic carbocycles. The molecule has 1 aliphatic rings. The van der Waals surface area contributed by atoms with Crippen molar-refractivity contribution in [3.05, 3.63) is 0 Å². The van der Waals surface area contributed by atoms with Crippen molar-refractivity contribution in [3.63, 3.8) is 0 Å². The molecule has 3 nitrogen and oxygen atoms in total. The minimum absolute atomic E-state index is 0.0540. The Morgan fingerprint density at radius 3 is 3.00 bits per heavy atom. The van der Waals surface area contributed by atoms with E-state index in [0.717, 1.165) is 26.1 Å². The Balaban J connectivity index is 2.13. The van der Waals surface area contributed by atoms with Crippen molar-refractivity contribution in [1.82, 2.24) is 0 Å². The van der Waals surface area contributed by atoms with Crippen molar-refractivity contribution >= 4 is 0 Å². The van der Waals surface area contributed by atoms with E-state index < -0.39 is 0 Å². The maximum absolute atomic E-state index is 8.70. The summed E-state index contributed by atoms with van der Waals surface area (Å²) in [6.45, 7) is 1.81. The van der Waals surface area contributed by atoms with Crippen LogP contribution in [-0.2, 0) is 4.74 Å². The summed E-state index contributed by atoms with van der Waals surface area (Å²) in [5, 5.41) is 8.70. The molecule has 1 aliphatic heterocycles. The third-order valence-corrected chi connectivity index (χ3v) is 2.13. The predicted octanol–water partition coefficient (Wildman–Crippen LogP) is 0.123. The van der Waals surface area contributed by atoms with Crippen molar-refractivity contribution in [3.8, 4) is 0 Å². The number of nitrogens with two attached hydrogens (primary N) is 1. The van der Waals surface area contributed by atoms with Gasteiger partial charge in [0.25, 0.3) is 0 Å². The average Bonchev–Trinajstić information content (AvgIpc) is 2.06. The summed E-state index contributed by atoms with van der Waals surface area (Å²) in [5.41, 5.74) is 5.60. The summed E-state index contributed by atoms with van der Waals surface area (Å²) in [7, 11) is 0. The van der Waals surface area contributed by atoms with Gasteiger partial charge in [-0.2, -0.15) is 0 Å². The quantitative estimate of drug-likeness (QED) is 0.615. The molecule has 0 bridgehead atoms. The summed E-state index contributed by atoms with van der Waals surface area (Å²) in [5.74, 6) is 0.575. The zero-order valence-electron chi connectivity index (χ0n) is 6.83. The molecule has 0 radical (unpaired) electrons. The Morgan fingerprint density at radius 2 is 2.45 bits per heavy atom. The highest BCUT2D eigenvalue weighted by Crippen LogP contribution is 2.17. The summed E-state index contributed by atoms with van der Waals surface area (Å²) in [4.78, 5) is 0. The summed E-state index contributed by atoms with van der Waals surface area (Å²) < 4.78 is 5.29. The van der Waals surface area contributed by atoms with E-state index in [1.165, 1.54) is 6.42 Å². The van der Waals surface area contributed by atoms with Gasteiger partial charge in [0.1, 0.15) is 0 Å². The van der Waals surface area contributed by atoms with Crippen LogP contribution in [0.15, 0.2) is 0 Å². The van der Waals surface area contributed by atoms with Crippen molar-refractivity contribution in [2.75, 3.05) is 19.8 Å². The monoisotopic (exact) mass is 159 g/mol. The third kappa shape index (κ3) is 3.18. The van der Waals surface area contributed by atoms with Crippen LogP contribution in [0.5, 0.6) is 0 Å². The molecule has 66 valence electrons. The minimum Gasteiger partial charge on any atom is -0.395 e. The van der Waals surface area contributed by atoms with Crippen molar-refractivity contribution < 1.29 is 9.84 Å². The fraction of sp³-hybridized carbons (Fsp3) is 1.00. The molecular formula is C8H17NO2. The van der Waals surface area contributed by atoms with Crippen molar-refractivity contribution in [2.24, 2.45) is 11.7 Å². The van der Waals surface area contributed by atoms with E-state index in [4.69, 9.17) is 15.6 Å². The van der Waals surface area contributed by atoms with Crippen molar-refractivity contribution in [1.29, 1.82) is 0 Å². The number of rotatable bonds is 3. The summed E-state index contributed by atoms with van der Waals surface area (Å²) in [6, 6.07) is -0.0540. The first-order valence-corrected chi connectivity index (χ1v) is 4.27. The maximum Gasteiger partial charge on any atom is 0.0582 e. The molecule has 3 heteroatoms. The molecule has 0 spiro atoms. The molecule has 11 heavy (non-hydrogen) atoms. The molecule has 2 atom stereocenters. The summed E-state index contributed by atoms with van der Waals surface area (Å²) >= 11 is 0. The van der Waals surface area contributed by atoms with Gasteiger partial charge in [-0.15, -0.1) is 0 Å². The zero-order chi connectivity index (χ0) is 8.10. The molecule has 1 rings (SSSR count). The van der Waals surface area contributed by atoms with Crippen molar-refractivity contribution in [2.45, 2.75) is 25.3 Å². The Bertz CT molecular complexity index is 102. The van der Waals surface area contributed by atoms with Gasteiger partial charge in [-0.1, -0.05) is 0 Å². The van der Waals surface area contributed by atoms with Crippen LogP contribution in [0.25, 0.3) is 0 Å². The molecular weight excluding hydrogens is 142 g/mol. The van der Waals surface area contributed by atoms with Crippen LogP contribution < -0.4 is 5.73 Å². The molecule has 0 amide bonds. The zero-order valence-corrected chi connectivity index (χ0v) is 6.83. The highest BCUT2D eigenvalue weighted by atomic mass is 16.5. The number of ether oxygens (including phenoxy) is 1. The van der Waals surface area contributed by atoms with Crippen LogP contribution in [0.1, 0.15) is 19.3 Å². The maximum atomic E-state index is 8.70. The number of hydrogen-bond acceptors (Lipinski definition) is 3. The summed E-state index contributed by atoms with van der Waals surface area (Å²) in [6.07, 6.45) is 3.24. The van der Waals surface area contributed by atoms with E-state index in [2.05, 4.69) is 0 Å². The lowest BCUT2D eigenvalue weighted by Crippen LogP contribution is -2.30. The van der Waals surface area contributed by atoms with Crippen LogP contribution in [0.2, 0.25) is 0 Å². The lowest BCUT2D eigenvalue weighted by atomic mass is 9.95. The van der Waals surface area contributed by atoms with Gasteiger partial charge in [-0.3, -0.25) is 0 Å². The second kappa shape index (κ2) is 4.70. The molecule has 1 unspecified atom stereocenters. The van der Waals surface area contributed by atoms with E-state index in [9.17, 15) is 0 Å². The predicted molar refractivity (Wildman–Crippen MR) is 43.2 cm³/mol. The van der Waals surface area contributed by atoms with Crippen LogP contribution in [0.4, 0.5) is 0 Å². The molecule has 3 N–H and O–H groups in total. The van der Waals surface area contributed by atoms with Gasteiger partial charge >= 0.3 is 0 Å². The van der Waals surface area contributed by atoms with Crippen LogP contribution in [0, 0.1) is 5.92 Å². The lowest BCUT2D eigenvalue weighted by Gasteiger charge is -2.23. The van der Waals surface area contributed by atoms with Gasteiger partial charge in [0.05, 0.1) is 6.61 Å². The van der Waals surface area contributed by atoms with E-state index in [1.54, 1.807) is 0 Å². The number of aliphatic hydroxyl groups is 1. The molecule has 0 aromatic heterocycles. The van der Waals surface area contributed by atoms with Crippen LogP contribution in [0.3, 0.4) is 0 Å². The molecule has 0 aromatic rings. The Kier molecular flexibility index (Phi) is 3.83. The van der Waals surface area contributed by atoms with E-state index in [0.29, 0.717) is 5.92 Å². The molecule has 1 heterocycles.